The lowest BCUT2D eigenvalue weighted by molar-refractivity contribution is -0.0327. The summed E-state index contributed by atoms with van der Waals surface area (Å²) < 4.78 is 8.70. The molecule has 2 aromatic carbocycles. The molecule has 0 amide bonds. The molecule has 2 nitrogen and oxygen atoms in total. The van der Waals surface area contributed by atoms with Crippen LogP contribution in [0.15, 0.2) is 48.5 Å². The van der Waals surface area contributed by atoms with Gasteiger partial charge in [0.2, 0.25) is 0 Å². The zero-order valence-electron chi connectivity index (χ0n) is 13.4. The SMILES string of the molecule is Cc1cc(C)c2c(c1)cc1n2CCOC1(C)c1ccccc1. The maximum Gasteiger partial charge on any atom is 0.130 e. The fourth-order valence-electron chi connectivity index (χ4n) is 3.85. The fourth-order valence-corrected chi connectivity index (χ4v) is 3.85. The Kier molecular flexibility index (Phi) is 2.92. The van der Waals surface area contributed by atoms with E-state index in [1.807, 2.05) is 0 Å². The van der Waals surface area contributed by atoms with Gasteiger partial charge in [0.1, 0.15) is 5.60 Å². The molecule has 4 rings (SSSR count). The quantitative estimate of drug-likeness (QED) is 0.641. The van der Waals surface area contributed by atoms with Gasteiger partial charge in [0.25, 0.3) is 0 Å². The Morgan fingerprint density at radius 1 is 1.05 bits per heavy atom. The Hall–Kier alpha value is -2.06. The summed E-state index contributed by atoms with van der Waals surface area (Å²) in [5.74, 6) is 0. The van der Waals surface area contributed by atoms with E-state index in [0.717, 1.165) is 13.2 Å². The first-order chi connectivity index (χ1) is 10.6. The fraction of sp³-hybridized carbons (Fsp3) is 0.300. The van der Waals surface area contributed by atoms with Gasteiger partial charge in [-0.2, -0.15) is 0 Å². The normalized spacial score (nSPS) is 21.0. The van der Waals surface area contributed by atoms with E-state index in [9.17, 15) is 0 Å². The predicted octanol–water partition coefficient (Wildman–Crippen LogP) is 4.55. The number of fused-ring (bicyclic) bond motifs is 3. The highest BCUT2D eigenvalue weighted by molar-refractivity contribution is 5.85. The number of aryl methyl sites for hydroxylation is 2. The van der Waals surface area contributed by atoms with Gasteiger partial charge in [-0.15, -0.1) is 0 Å². The van der Waals surface area contributed by atoms with Crippen molar-refractivity contribution in [2.75, 3.05) is 6.61 Å². The van der Waals surface area contributed by atoms with Crippen LogP contribution in [0.4, 0.5) is 0 Å². The third-order valence-corrected chi connectivity index (χ3v) is 4.85. The highest BCUT2D eigenvalue weighted by atomic mass is 16.5. The highest BCUT2D eigenvalue weighted by Crippen LogP contribution is 2.40. The molecular formula is C20H21NO. The monoisotopic (exact) mass is 291 g/mol. The standard InChI is InChI=1S/C20H21NO/c1-14-11-15(2)19-16(12-14)13-18-20(3,22-10-9-21(18)19)17-7-5-4-6-8-17/h4-8,11-13H,9-10H2,1-3H3. The van der Waals surface area contributed by atoms with Gasteiger partial charge in [-0.1, -0.05) is 42.0 Å². The molecule has 0 fully saturated rings. The van der Waals surface area contributed by atoms with Crippen LogP contribution in [-0.4, -0.2) is 11.2 Å². The van der Waals surface area contributed by atoms with Gasteiger partial charge in [-0.25, -0.2) is 0 Å². The number of ether oxygens (including phenoxy) is 1. The summed E-state index contributed by atoms with van der Waals surface area (Å²) >= 11 is 0. The van der Waals surface area contributed by atoms with E-state index < -0.39 is 0 Å². The van der Waals surface area contributed by atoms with E-state index in [4.69, 9.17) is 4.74 Å². The molecular weight excluding hydrogens is 270 g/mol. The molecule has 2 heterocycles. The van der Waals surface area contributed by atoms with Crippen LogP contribution in [-0.2, 0) is 16.9 Å². The maximum absolute atomic E-state index is 6.26. The second-order valence-corrected chi connectivity index (χ2v) is 6.45. The molecule has 3 aromatic rings. The van der Waals surface area contributed by atoms with Crippen LogP contribution in [0.1, 0.15) is 29.3 Å². The lowest BCUT2D eigenvalue weighted by Crippen LogP contribution is -2.36. The van der Waals surface area contributed by atoms with Crippen LogP contribution in [0.3, 0.4) is 0 Å². The number of benzene rings is 2. The summed E-state index contributed by atoms with van der Waals surface area (Å²) in [5.41, 5.74) is 6.11. The molecule has 0 N–H and O–H groups in total. The minimum Gasteiger partial charge on any atom is -0.362 e. The molecule has 1 aliphatic rings. The van der Waals surface area contributed by atoms with E-state index >= 15 is 0 Å². The first-order valence-corrected chi connectivity index (χ1v) is 7.90. The Bertz CT molecular complexity index is 847. The van der Waals surface area contributed by atoms with Crippen molar-refractivity contribution >= 4 is 10.9 Å². The lowest BCUT2D eigenvalue weighted by atomic mass is 9.91. The third kappa shape index (κ3) is 1.84. The summed E-state index contributed by atoms with van der Waals surface area (Å²) in [6.07, 6.45) is 0. The molecule has 0 aliphatic carbocycles. The first kappa shape index (κ1) is 13.6. The molecule has 22 heavy (non-hydrogen) atoms. The van der Waals surface area contributed by atoms with E-state index in [2.05, 4.69) is 73.9 Å². The molecule has 0 spiro atoms. The van der Waals surface area contributed by atoms with Gasteiger partial charge in [0.05, 0.1) is 17.8 Å². The van der Waals surface area contributed by atoms with Crippen molar-refractivity contribution in [2.24, 2.45) is 0 Å². The van der Waals surface area contributed by atoms with Crippen LogP contribution in [0.25, 0.3) is 10.9 Å². The van der Waals surface area contributed by atoms with Gasteiger partial charge in [0.15, 0.2) is 0 Å². The van der Waals surface area contributed by atoms with Crippen LogP contribution >= 0.6 is 0 Å². The van der Waals surface area contributed by atoms with E-state index in [-0.39, 0.29) is 5.60 Å². The van der Waals surface area contributed by atoms with Gasteiger partial charge in [-0.3, -0.25) is 0 Å². The van der Waals surface area contributed by atoms with Gasteiger partial charge < -0.3 is 9.30 Å². The smallest absolute Gasteiger partial charge is 0.130 e. The Balaban J connectivity index is 2.01. The van der Waals surface area contributed by atoms with Crippen molar-refractivity contribution in [1.82, 2.24) is 4.57 Å². The van der Waals surface area contributed by atoms with Crippen molar-refractivity contribution in [3.05, 3.63) is 70.9 Å². The van der Waals surface area contributed by atoms with Crippen molar-refractivity contribution in [1.29, 1.82) is 0 Å². The Labute approximate surface area is 131 Å². The molecule has 1 atom stereocenters. The van der Waals surface area contributed by atoms with Crippen molar-refractivity contribution in [3.8, 4) is 0 Å². The number of aromatic nitrogens is 1. The van der Waals surface area contributed by atoms with Crippen LogP contribution in [0.2, 0.25) is 0 Å². The summed E-state index contributed by atoms with van der Waals surface area (Å²) in [6.45, 7) is 8.23. The van der Waals surface area contributed by atoms with E-state index in [1.165, 1.54) is 33.3 Å². The number of rotatable bonds is 1. The summed E-state index contributed by atoms with van der Waals surface area (Å²) in [7, 11) is 0. The molecule has 112 valence electrons. The number of hydrogen-bond donors (Lipinski definition) is 0. The first-order valence-electron chi connectivity index (χ1n) is 7.90. The molecule has 1 unspecified atom stereocenters. The third-order valence-electron chi connectivity index (χ3n) is 4.85. The molecule has 0 saturated heterocycles. The summed E-state index contributed by atoms with van der Waals surface area (Å²) in [4.78, 5) is 0. The number of hydrogen-bond acceptors (Lipinski definition) is 1. The Morgan fingerprint density at radius 2 is 1.82 bits per heavy atom. The van der Waals surface area contributed by atoms with Crippen LogP contribution in [0.5, 0.6) is 0 Å². The van der Waals surface area contributed by atoms with E-state index in [1.54, 1.807) is 0 Å². The molecule has 1 aromatic heterocycles. The topological polar surface area (TPSA) is 14.2 Å². The average Bonchev–Trinajstić information content (AvgIpc) is 2.88. The lowest BCUT2D eigenvalue weighted by Gasteiger charge is -2.36. The van der Waals surface area contributed by atoms with Crippen molar-refractivity contribution in [2.45, 2.75) is 32.9 Å². The minimum absolute atomic E-state index is 0.376. The number of nitrogens with zero attached hydrogens (tertiary/aromatic N) is 1. The minimum atomic E-state index is -0.376. The predicted molar refractivity (Wildman–Crippen MR) is 90.3 cm³/mol. The van der Waals surface area contributed by atoms with Crippen LogP contribution in [0, 0.1) is 13.8 Å². The van der Waals surface area contributed by atoms with Gasteiger partial charge in [0, 0.05) is 11.9 Å². The van der Waals surface area contributed by atoms with Gasteiger partial charge >= 0.3 is 0 Å². The zero-order chi connectivity index (χ0) is 15.3. The maximum atomic E-state index is 6.26. The molecule has 0 bridgehead atoms. The van der Waals surface area contributed by atoms with E-state index in [0.29, 0.717) is 0 Å². The molecule has 0 saturated carbocycles. The zero-order valence-corrected chi connectivity index (χ0v) is 13.4. The molecule has 0 radical (unpaired) electrons. The molecule has 2 heteroatoms. The average molecular weight is 291 g/mol. The summed E-state index contributed by atoms with van der Waals surface area (Å²) in [5, 5.41) is 1.32. The second-order valence-electron chi connectivity index (χ2n) is 6.45. The van der Waals surface area contributed by atoms with Gasteiger partial charge in [-0.05, 0) is 44.0 Å². The van der Waals surface area contributed by atoms with Crippen LogP contribution < -0.4 is 0 Å². The summed E-state index contributed by atoms with van der Waals surface area (Å²) in [6, 6.07) is 17.4. The van der Waals surface area contributed by atoms with Crippen molar-refractivity contribution < 1.29 is 4.74 Å². The second kappa shape index (κ2) is 4.72. The molecule has 1 aliphatic heterocycles. The Morgan fingerprint density at radius 3 is 2.59 bits per heavy atom. The highest BCUT2D eigenvalue weighted by Gasteiger charge is 2.36. The van der Waals surface area contributed by atoms with Crippen molar-refractivity contribution in [3.63, 3.8) is 0 Å². The largest absolute Gasteiger partial charge is 0.362 e.